The lowest BCUT2D eigenvalue weighted by Gasteiger charge is -2.43. The maximum absolute atomic E-state index is 12.9. The largest absolute Gasteiger partial charge is 0.506 e. The molecule has 292 valence electrons. The van der Waals surface area contributed by atoms with Crippen LogP contribution in [-0.4, -0.2) is 78.1 Å². The van der Waals surface area contributed by atoms with Gasteiger partial charge in [0.1, 0.15) is 34.0 Å². The summed E-state index contributed by atoms with van der Waals surface area (Å²) in [4.78, 5) is 72.5. The molecular weight excluding hydrogens is 757 g/mol. The summed E-state index contributed by atoms with van der Waals surface area (Å²) in [6.07, 6.45) is -6.73. The Morgan fingerprint density at radius 2 is 1.13 bits per heavy atom. The number of esters is 4. The zero-order valence-corrected chi connectivity index (χ0v) is 31.9. The molecule has 55 heavy (non-hydrogen) atoms. The summed E-state index contributed by atoms with van der Waals surface area (Å²) in [5.41, 5.74) is 1.93. The third-order valence-corrected chi connectivity index (χ3v) is 9.27. The van der Waals surface area contributed by atoms with E-state index in [4.69, 9.17) is 28.4 Å². The Kier molecular flexibility index (Phi) is 15.7. The van der Waals surface area contributed by atoms with E-state index in [0.29, 0.717) is 11.4 Å². The zero-order chi connectivity index (χ0) is 39.9. The molecule has 2 aromatic carbocycles. The van der Waals surface area contributed by atoms with Crippen LogP contribution in [0.4, 0.5) is 0 Å². The summed E-state index contributed by atoms with van der Waals surface area (Å²) in [6, 6.07) is 22.0. The van der Waals surface area contributed by atoms with Gasteiger partial charge < -0.3 is 44.2 Å². The molecule has 2 amide bonds. The molecule has 1 fully saturated rings. The van der Waals surface area contributed by atoms with Gasteiger partial charge in [0, 0.05) is 40.8 Å². The number of aromatic hydroxyl groups is 1. The number of benzene rings is 2. The molecule has 5 unspecified atom stereocenters. The van der Waals surface area contributed by atoms with Crippen LogP contribution in [0.2, 0.25) is 0 Å². The maximum atomic E-state index is 12.9. The van der Waals surface area contributed by atoms with E-state index in [0.717, 1.165) is 43.2 Å². The van der Waals surface area contributed by atoms with Crippen molar-refractivity contribution in [1.29, 1.82) is 0 Å². The lowest BCUT2D eigenvalue weighted by atomic mass is 9.98. The maximum Gasteiger partial charge on any atom is 0.303 e. The Morgan fingerprint density at radius 3 is 1.64 bits per heavy atom. The third-order valence-electron chi connectivity index (χ3n) is 7.47. The summed E-state index contributed by atoms with van der Waals surface area (Å²) in [5.74, 6) is -3.44. The van der Waals surface area contributed by atoms with Crippen LogP contribution < -0.4 is 15.4 Å². The number of carbonyl (C=O) groups is 6. The number of hydrogen-bond acceptors (Lipinski definition) is 15. The van der Waals surface area contributed by atoms with Gasteiger partial charge in [-0.2, -0.15) is 0 Å². The Bertz CT molecular complexity index is 1910. The molecule has 0 spiro atoms. The van der Waals surface area contributed by atoms with E-state index < -0.39 is 67.1 Å². The van der Waals surface area contributed by atoms with E-state index in [1.54, 1.807) is 10.8 Å². The van der Waals surface area contributed by atoms with Gasteiger partial charge in [-0.1, -0.05) is 60.7 Å². The van der Waals surface area contributed by atoms with Gasteiger partial charge >= 0.3 is 23.9 Å². The quantitative estimate of drug-likeness (QED) is 0.126. The van der Waals surface area contributed by atoms with Crippen LogP contribution >= 0.6 is 22.7 Å². The second-order valence-electron chi connectivity index (χ2n) is 11.8. The molecule has 2 aromatic heterocycles. The summed E-state index contributed by atoms with van der Waals surface area (Å²) in [5, 5.41) is 18.2. The Morgan fingerprint density at radius 1 is 0.636 bits per heavy atom. The lowest BCUT2D eigenvalue weighted by molar-refractivity contribution is -0.288. The van der Waals surface area contributed by atoms with E-state index in [2.05, 4.69) is 10.6 Å². The number of hydrogen-bond donors (Lipinski definition) is 3. The van der Waals surface area contributed by atoms with Crippen LogP contribution in [0.25, 0.3) is 0 Å². The first kappa shape index (κ1) is 42.0. The van der Waals surface area contributed by atoms with Gasteiger partial charge in [0.25, 0.3) is 11.8 Å². The van der Waals surface area contributed by atoms with E-state index in [1.165, 1.54) is 30.4 Å². The number of nitrogens with one attached hydrogen (secondary N) is 2. The summed E-state index contributed by atoms with van der Waals surface area (Å²) in [6.45, 7) is 4.90. The molecule has 4 aromatic rings. The predicted octanol–water partition coefficient (Wildman–Crippen LogP) is 4.52. The Balaban J connectivity index is 0.000000348. The number of thiophene rings is 2. The third kappa shape index (κ3) is 12.9. The molecule has 1 saturated heterocycles. The SMILES string of the molecule is CC(=O)OCC1OC(Oc2ccsc2C(=O)NCc2ccccc2)C(OC(C)=O)C(OC(C)=O)C1OC(C)=O.O=C(NCc1ccccc1)c1sccc1O. The molecule has 17 heteroatoms. The van der Waals surface area contributed by atoms with Crippen LogP contribution in [0, 0.1) is 0 Å². The Hall–Kier alpha value is -5.78. The van der Waals surface area contributed by atoms with Crippen molar-refractivity contribution in [3.8, 4) is 11.5 Å². The standard InChI is InChI=1S/C26H29NO11S.C12H11NO2S/c1-14(28)33-13-20-21(34-15(2)29)22(35-16(3)30)23(36-17(4)31)26(38-20)37-19-10-11-39-24(19)25(32)27-12-18-8-6-5-7-9-18;14-10-6-7-16-11(10)12(15)13-8-9-4-2-1-3-5-9/h5-11,20-23,26H,12-13H2,1-4H3,(H,27,32);1-7,14H,8H2,(H,13,15). The molecule has 0 radical (unpaired) electrons. The molecule has 1 aliphatic rings. The van der Waals surface area contributed by atoms with Gasteiger partial charge in [0.05, 0.1) is 0 Å². The molecule has 0 saturated carbocycles. The normalized spacial score (nSPS) is 18.7. The second-order valence-corrected chi connectivity index (χ2v) is 13.6. The van der Waals surface area contributed by atoms with Gasteiger partial charge in [0.15, 0.2) is 12.2 Å². The van der Waals surface area contributed by atoms with Crippen molar-refractivity contribution in [2.75, 3.05) is 6.61 Å². The lowest BCUT2D eigenvalue weighted by Crippen LogP contribution is -2.63. The molecule has 5 rings (SSSR count). The molecule has 3 heterocycles. The molecule has 0 bridgehead atoms. The van der Waals surface area contributed by atoms with Crippen LogP contribution in [0.5, 0.6) is 11.5 Å². The number of amides is 2. The van der Waals surface area contributed by atoms with Crippen molar-refractivity contribution in [1.82, 2.24) is 10.6 Å². The minimum atomic E-state index is -1.44. The van der Waals surface area contributed by atoms with Crippen molar-refractivity contribution in [3.63, 3.8) is 0 Å². The highest BCUT2D eigenvalue weighted by atomic mass is 32.1. The van der Waals surface area contributed by atoms with Crippen LogP contribution in [0.15, 0.2) is 83.6 Å². The van der Waals surface area contributed by atoms with Crippen molar-refractivity contribution >= 4 is 58.4 Å². The number of rotatable bonds is 13. The van der Waals surface area contributed by atoms with Gasteiger partial charge in [-0.25, -0.2) is 0 Å². The fourth-order valence-electron chi connectivity index (χ4n) is 5.15. The smallest absolute Gasteiger partial charge is 0.303 e. The van der Waals surface area contributed by atoms with Crippen molar-refractivity contribution in [2.45, 2.75) is 71.5 Å². The van der Waals surface area contributed by atoms with Gasteiger partial charge in [0.2, 0.25) is 12.4 Å². The van der Waals surface area contributed by atoms with Crippen LogP contribution in [0.1, 0.15) is 58.2 Å². The highest BCUT2D eigenvalue weighted by molar-refractivity contribution is 7.12. The molecule has 0 aliphatic carbocycles. The van der Waals surface area contributed by atoms with Gasteiger partial charge in [-0.15, -0.1) is 22.7 Å². The fraction of sp³-hybridized carbons (Fsp3) is 0.316. The fourth-order valence-corrected chi connectivity index (χ4v) is 6.59. The Labute approximate surface area is 324 Å². The zero-order valence-electron chi connectivity index (χ0n) is 30.3. The molecule has 1 aliphatic heterocycles. The molecule has 5 atom stereocenters. The summed E-state index contributed by atoms with van der Waals surface area (Å²) in [7, 11) is 0. The molecular formula is C38H40N2O13S2. The van der Waals surface area contributed by atoms with Gasteiger partial charge in [-0.05, 0) is 34.0 Å². The average molecular weight is 797 g/mol. The van der Waals surface area contributed by atoms with Crippen LogP contribution in [0.3, 0.4) is 0 Å². The second kappa shape index (κ2) is 20.6. The summed E-state index contributed by atoms with van der Waals surface area (Å²) >= 11 is 2.34. The van der Waals surface area contributed by atoms with Crippen molar-refractivity contribution in [2.24, 2.45) is 0 Å². The van der Waals surface area contributed by atoms with Gasteiger partial charge in [-0.3, -0.25) is 28.8 Å². The minimum Gasteiger partial charge on any atom is -0.506 e. The van der Waals surface area contributed by atoms with E-state index in [1.807, 2.05) is 60.7 Å². The topological polar surface area (TPSA) is 202 Å². The minimum absolute atomic E-state index is 0.0376. The predicted molar refractivity (Wildman–Crippen MR) is 198 cm³/mol. The average Bonchev–Trinajstić information content (AvgIpc) is 3.80. The van der Waals surface area contributed by atoms with E-state index >= 15 is 0 Å². The van der Waals surface area contributed by atoms with E-state index in [-0.39, 0.29) is 28.8 Å². The van der Waals surface area contributed by atoms with E-state index in [9.17, 15) is 33.9 Å². The molecule has 3 N–H and O–H groups in total. The first-order valence-electron chi connectivity index (χ1n) is 16.8. The highest BCUT2D eigenvalue weighted by Crippen LogP contribution is 2.33. The highest BCUT2D eigenvalue weighted by Gasteiger charge is 2.53. The summed E-state index contributed by atoms with van der Waals surface area (Å²) < 4.78 is 33.1. The number of ether oxygens (including phenoxy) is 6. The molecule has 15 nitrogen and oxygen atoms in total. The van der Waals surface area contributed by atoms with Crippen molar-refractivity contribution in [3.05, 3.63) is 104 Å². The number of carbonyl (C=O) groups excluding carboxylic acids is 6. The first-order chi connectivity index (χ1) is 26.3. The monoisotopic (exact) mass is 796 g/mol. The first-order valence-corrected chi connectivity index (χ1v) is 18.5. The van der Waals surface area contributed by atoms with Crippen molar-refractivity contribution < 1.29 is 62.3 Å². The van der Waals surface area contributed by atoms with Crippen LogP contribution in [-0.2, 0) is 56.0 Å².